The fourth-order valence-corrected chi connectivity index (χ4v) is 2.29. The van der Waals surface area contributed by atoms with Crippen LogP contribution in [-0.2, 0) is 11.2 Å². The van der Waals surface area contributed by atoms with Gasteiger partial charge in [0, 0.05) is 5.56 Å². The number of hydrazone groups is 1. The molecule has 0 atom stereocenters. The van der Waals surface area contributed by atoms with Gasteiger partial charge >= 0.3 is 5.69 Å². The number of benzene rings is 2. The number of methoxy groups -OCH3 is 1. The number of ether oxygens (including phenoxy) is 2. The topological polar surface area (TPSA) is 123 Å². The van der Waals surface area contributed by atoms with Crippen LogP contribution in [0.1, 0.15) is 11.1 Å². The van der Waals surface area contributed by atoms with Gasteiger partial charge in [-0.05, 0) is 24.1 Å². The number of amides is 1. The van der Waals surface area contributed by atoms with E-state index in [1.807, 2.05) is 12.1 Å². The van der Waals surface area contributed by atoms with Gasteiger partial charge in [0.25, 0.3) is 5.91 Å². The van der Waals surface area contributed by atoms with Crippen molar-refractivity contribution in [2.75, 3.05) is 13.7 Å². The van der Waals surface area contributed by atoms with Crippen molar-refractivity contribution < 1.29 is 24.3 Å². The van der Waals surface area contributed by atoms with Gasteiger partial charge in [-0.3, -0.25) is 14.9 Å². The molecule has 1 amide bonds. The van der Waals surface area contributed by atoms with Crippen molar-refractivity contribution in [1.82, 2.24) is 5.43 Å². The molecule has 0 aromatic heterocycles. The van der Waals surface area contributed by atoms with E-state index in [0.29, 0.717) is 12.2 Å². The minimum Gasteiger partial charge on any atom is -0.502 e. The van der Waals surface area contributed by atoms with Crippen molar-refractivity contribution >= 4 is 17.8 Å². The Bertz CT molecular complexity index is 911. The Hall–Kier alpha value is -3.88. The number of allylic oxidation sites excluding steroid dienone is 1. The average molecular weight is 385 g/mol. The molecule has 0 unspecified atom stereocenters. The first-order valence-corrected chi connectivity index (χ1v) is 8.15. The Balaban J connectivity index is 2.01. The Morgan fingerprint density at radius 2 is 2.14 bits per heavy atom. The second-order valence-corrected chi connectivity index (χ2v) is 5.52. The standard InChI is InChI=1S/C19H19N3O6/c1-3-6-13-7-4-5-8-17(13)28-12-18(23)21-20-11-14-9-15(27-2)10-16(19(14)24)22(25)26/h3-5,7-11,24H,1,6,12H2,2H3,(H,21,23). The third-order valence-electron chi connectivity index (χ3n) is 3.61. The van der Waals surface area contributed by atoms with E-state index in [9.17, 15) is 20.0 Å². The maximum absolute atomic E-state index is 11.9. The summed E-state index contributed by atoms with van der Waals surface area (Å²) in [6.45, 7) is 3.39. The lowest BCUT2D eigenvalue weighted by Gasteiger charge is -2.09. The maximum Gasteiger partial charge on any atom is 0.315 e. The fraction of sp³-hybridized carbons (Fsp3) is 0.158. The van der Waals surface area contributed by atoms with Crippen molar-refractivity contribution in [3.8, 4) is 17.2 Å². The van der Waals surface area contributed by atoms with Crippen LogP contribution in [0.25, 0.3) is 0 Å². The van der Waals surface area contributed by atoms with E-state index >= 15 is 0 Å². The van der Waals surface area contributed by atoms with Crippen LogP contribution in [0, 0.1) is 10.1 Å². The first kappa shape index (κ1) is 20.4. The number of carbonyl (C=O) groups is 1. The SMILES string of the molecule is C=CCc1ccccc1OCC(=O)NN=Cc1cc(OC)cc([N+](=O)[O-])c1O. The van der Waals surface area contributed by atoms with Crippen LogP contribution >= 0.6 is 0 Å². The van der Waals surface area contributed by atoms with Crippen LogP contribution in [0.5, 0.6) is 17.2 Å². The fourth-order valence-electron chi connectivity index (χ4n) is 2.29. The highest BCUT2D eigenvalue weighted by atomic mass is 16.6. The number of nitro groups is 1. The largest absolute Gasteiger partial charge is 0.502 e. The Morgan fingerprint density at radius 3 is 2.82 bits per heavy atom. The molecule has 9 nitrogen and oxygen atoms in total. The number of phenols is 1. The molecule has 0 aliphatic rings. The third-order valence-corrected chi connectivity index (χ3v) is 3.61. The lowest BCUT2D eigenvalue weighted by Crippen LogP contribution is -2.24. The first-order chi connectivity index (χ1) is 13.5. The number of nitrogens with zero attached hydrogens (tertiary/aromatic N) is 2. The molecule has 0 aliphatic heterocycles. The number of para-hydroxylation sites is 1. The highest BCUT2D eigenvalue weighted by molar-refractivity contribution is 5.88. The molecule has 2 aromatic rings. The maximum atomic E-state index is 11.9. The molecule has 0 saturated heterocycles. The number of phenolic OH excluding ortho intramolecular Hbond substituents is 1. The molecule has 0 aliphatic carbocycles. The molecule has 0 spiro atoms. The van der Waals surface area contributed by atoms with Gasteiger partial charge in [0.1, 0.15) is 11.5 Å². The van der Waals surface area contributed by atoms with Crippen LogP contribution < -0.4 is 14.9 Å². The zero-order valence-corrected chi connectivity index (χ0v) is 15.1. The van der Waals surface area contributed by atoms with Crippen LogP contribution in [0.15, 0.2) is 54.2 Å². The summed E-state index contributed by atoms with van der Waals surface area (Å²) in [6.07, 6.45) is 3.41. The first-order valence-electron chi connectivity index (χ1n) is 8.15. The van der Waals surface area contributed by atoms with Crippen LogP contribution in [0.2, 0.25) is 0 Å². The molecule has 0 bridgehead atoms. The van der Waals surface area contributed by atoms with Crippen molar-refractivity contribution in [2.24, 2.45) is 5.10 Å². The molecule has 0 radical (unpaired) electrons. The molecule has 2 N–H and O–H groups in total. The Morgan fingerprint density at radius 1 is 1.39 bits per heavy atom. The van der Waals surface area contributed by atoms with Gasteiger partial charge in [0.2, 0.25) is 5.75 Å². The molecule has 28 heavy (non-hydrogen) atoms. The summed E-state index contributed by atoms with van der Waals surface area (Å²) in [5.41, 5.74) is 2.61. The number of hydrogen-bond acceptors (Lipinski definition) is 7. The molecule has 2 aromatic carbocycles. The number of nitro benzene ring substituents is 1. The van der Waals surface area contributed by atoms with E-state index < -0.39 is 22.3 Å². The summed E-state index contributed by atoms with van der Waals surface area (Å²) in [6, 6.07) is 9.68. The van der Waals surface area contributed by atoms with E-state index in [0.717, 1.165) is 17.8 Å². The van der Waals surface area contributed by atoms with Gasteiger partial charge in [-0.1, -0.05) is 24.3 Å². The predicted molar refractivity (Wildman–Crippen MR) is 103 cm³/mol. The number of hydrogen-bond donors (Lipinski definition) is 2. The van der Waals surface area contributed by atoms with E-state index in [-0.39, 0.29) is 17.9 Å². The summed E-state index contributed by atoms with van der Waals surface area (Å²) in [5.74, 6) is -0.401. The van der Waals surface area contributed by atoms with E-state index in [1.165, 1.54) is 13.2 Å². The number of nitrogens with one attached hydrogen (secondary N) is 1. The van der Waals surface area contributed by atoms with Gasteiger partial charge in [-0.2, -0.15) is 5.10 Å². The minimum absolute atomic E-state index is 0.0172. The third kappa shape index (κ3) is 5.31. The monoisotopic (exact) mass is 385 g/mol. The van der Waals surface area contributed by atoms with Gasteiger partial charge < -0.3 is 14.6 Å². The number of rotatable bonds is 9. The van der Waals surface area contributed by atoms with Crippen molar-refractivity contribution in [1.29, 1.82) is 0 Å². The molecule has 0 saturated carbocycles. The van der Waals surface area contributed by atoms with E-state index in [4.69, 9.17) is 9.47 Å². The number of carbonyl (C=O) groups excluding carboxylic acids is 1. The molecular weight excluding hydrogens is 366 g/mol. The van der Waals surface area contributed by atoms with Gasteiger partial charge in [-0.25, -0.2) is 5.43 Å². The number of aromatic hydroxyl groups is 1. The highest BCUT2D eigenvalue weighted by Gasteiger charge is 2.18. The van der Waals surface area contributed by atoms with Crippen molar-refractivity contribution in [3.05, 3.63) is 70.3 Å². The van der Waals surface area contributed by atoms with Gasteiger partial charge in [0.15, 0.2) is 6.61 Å². The van der Waals surface area contributed by atoms with Crippen molar-refractivity contribution in [3.63, 3.8) is 0 Å². The molecular formula is C19H19N3O6. The Kier molecular flexibility index (Phi) is 7.09. The molecule has 0 fully saturated rings. The second kappa shape index (κ2) is 9.72. The van der Waals surface area contributed by atoms with Crippen LogP contribution in [0.4, 0.5) is 5.69 Å². The van der Waals surface area contributed by atoms with E-state index in [1.54, 1.807) is 18.2 Å². The average Bonchev–Trinajstić information content (AvgIpc) is 2.68. The van der Waals surface area contributed by atoms with Crippen LogP contribution in [0.3, 0.4) is 0 Å². The highest BCUT2D eigenvalue weighted by Crippen LogP contribution is 2.33. The summed E-state index contributed by atoms with van der Waals surface area (Å²) in [5, 5.41) is 24.6. The molecule has 0 heterocycles. The summed E-state index contributed by atoms with van der Waals surface area (Å²) in [4.78, 5) is 22.1. The Labute approximate surface area is 161 Å². The molecule has 2 rings (SSSR count). The molecule has 9 heteroatoms. The lowest BCUT2D eigenvalue weighted by atomic mass is 10.1. The quantitative estimate of drug-likeness (QED) is 0.296. The smallest absolute Gasteiger partial charge is 0.315 e. The minimum atomic E-state index is -0.748. The normalized spacial score (nSPS) is 10.5. The summed E-state index contributed by atoms with van der Waals surface area (Å²) >= 11 is 0. The van der Waals surface area contributed by atoms with E-state index in [2.05, 4.69) is 17.1 Å². The molecule has 146 valence electrons. The summed E-state index contributed by atoms with van der Waals surface area (Å²) in [7, 11) is 1.33. The van der Waals surface area contributed by atoms with Gasteiger partial charge in [0.05, 0.1) is 24.3 Å². The predicted octanol–water partition coefficient (Wildman–Crippen LogP) is 2.57. The second-order valence-electron chi connectivity index (χ2n) is 5.52. The van der Waals surface area contributed by atoms with Crippen LogP contribution in [-0.4, -0.2) is 35.9 Å². The zero-order chi connectivity index (χ0) is 20.5. The van der Waals surface area contributed by atoms with Crippen molar-refractivity contribution in [2.45, 2.75) is 6.42 Å². The summed E-state index contributed by atoms with van der Waals surface area (Å²) < 4.78 is 10.4. The lowest BCUT2D eigenvalue weighted by molar-refractivity contribution is -0.385. The van der Waals surface area contributed by atoms with Gasteiger partial charge in [-0.15, -0.1) is 6.58 Å². The zero-order valence-electron chi connectivity index (χ0n) is 15.1.